The van der Waals surface area contributed by atoms with Gasteiger partial charge in [-0.05, 0) is 55.3 Å². The fourth-order valence-electron chi connectivity index (χ4n) is 7.36. The maximum absolute atomic E-state index is 15.3. The molecule has 4 nitrogen and oxygen atoms in total. The largest absolute Gasteiger partial charge is 0.452 e. The number of carbonyl (C=O) groups is 1. The van der Waals surface area contributed by atoms with E-state index in [2.05, 4.69) is 12.2 Å². The third-order valence-corrected chi connectivity index (χ3v) is 8.09. The molecule has 1 N–H and O–H groups in total. The third kappa shape index (κ3) is 1.86. The Morgan fingerprint density at radius 3 is 2.25 bits per heavy atom. The summed E-state index contributed by atoms with van der Waals surface area (Å²) in [6.07, 6.45) is -1.56. The van der Waals surface area contributed by atoms with E-state index in [4.69, 9.17) is 9.47 Å². The highest BCUT2D eigenvalue weighted by Crippen LogP contribution is 2.73. The number of allylic oxidation sites excluding steroid dienone is 2. The first-order chi connectivity index (χ1) is 12.8. The van der Waals surface area contributed by atoms with Crippen molar-refractivity contribution < 1.29 is 41.3 Å². The summed E-state index contributed by atoms with van der Waals surface area (Å²) in [6.45, 7) is 1.71. The van der Waals surface area contributed by atoms with Gasteiger partial charge in [-0.3, -0.25) is 4.79 Å². The SMILES string of the molecule is CC(=O)OC1(C)C2C3CC(C2OC(O)(C(F)(F)F)C1(F)F)C1C2C=CC(C2)C31. The number of rotatable bonds is 1. The van der Waals surface area contributed by atoms with Gasteiger partial charge in [-0.15, -0.1) is 0 Å². The minimum Gasteiger partial charge on any atom is -0.452 e. The second-order valence-corrected chi connectivity index (χ2v) is 9.19. The predicted molar refractivity (Wildman–Crippen MR) is 83.8 cm³/mol. The number of fused-ring (bicyclic) bond motifs is 12. The molecule has 28 heavy (non-hydrogen) atoms. The topological polar surface area (TPSA) is 55.8 Å². The fraction of sp³-hybridized carbons (Fsp3) is 0.842. The van der Waals surface area contributed by atoms with Crippen molar-refractivity contribution >= 4 is 5.97 Å². The first-order valence-corrected chi connectivity index (χ1v) is 9.56. The summed E-state index contributed by atoms with van der Waals surface area (Å²) in [5.41, 5.74) is -2.82. The van der Waals surface area contributed by atoms with Gasteiger partial charge in [0.15, 0.2) is 5.60 Å². The van der Waals surface area contributed by atoms with E-state index in [1.165, 1.54) is 0 Å². The number of hydrogen-bond acceptors (Lipinski definition) is 4. The average molecular weight is 408 g/mol. The number of halogens is 5. The van der Waals surface area contributed by atoms with Crippen LogP contribution in [0.3, 0.4) is 0 Å². The molecule has 0 radical (unpaired) electrons. The molecule has 5 rings (SSSR count). The summed E-state index contributed by atoms with van der Waals surface area (Å²) in [5.74, 6) is -11.9. The van der Waals surface area contributed by atoms with Crippen molar-refractivity contribution in [3.8, 4) is 0 Å². The van der Waals surface area contributed by atoms with Gasteiger partial charge in [-0.2, -0.15) is 22.0 Å². The standard InChI is InChI=1S/C19H21F5O4/c1-7(25)27-16(2)14-10-6-11(13-9-4-3-8(5-9)12(10)13)15(14)28-18(26,17(16,20)21)19(22,23)24/h3-4,8-15,26H,5-6H2,1-2H3. The normalized spacial score (nSPS) is 55.3. The Bertz CT molecular complexity index is 766. The van der Waals surface area contributed by atoms with Gasteiger partial charge in [0.25, 0.3) is 0 Å². The lowest BCUT2D eigenvalue weighted by atomic mass is 9.60. The van der Waals surface area contributed by atoms with Crippen molar-refractivity contribution in [1.82, 2.24) is 0 Å². The molecule has 0 aromatic carbocycles. The smallest absolute Gasteiger partial charge is 0.449 e. The van der Waals surface area contributed by atoms with Crippen molar-refractivity contribution in [2.75, 3.05) is 0 Å². The van der Waals surface area contributed by atoms with Gasteiger partial charge in [-0.25, -0.2) is 0 Å². The maximum Gasteiger partial charge on any atom is 0.449 e. The van der Waals surface area contributed by atoms with E-state index in [0.29, 0.717) is 6.42 Å². The van der Waals surface area contributed by atoms with E-state index < -0.39 is 41.5 Å². The molecule has 0 amide bonds. The van der Waals surface area contributed by atoms with Gasteiger partial charge >= 0.3 is 23.9 Å². The Morgan fingerprint density at radius 2 is 1.71 bits per heavy atom. The van der Waals surface area contributed by atoms with E-state index >= 15 is 8.78 Å². The van der Waals surface area contributed by atoms with Crippen LogP contribution in [0.5, 0.6) is 0 Å². The molecule has 1 heterocycles. The molecule has 5 aliphatic rings. The third-order valence-electron chi connectivity index (χ3n) is 8.09. The lowest BCUT2D eigenvalue weighted by molar-refractivity contribution is -0.495. The molecule has 3 saturated carbocycles. The Labute approximate surface area is 158 Å². The zero-order valence-corrected chi connectivity index (χ0v) is 15.2. The summed E-state index contributed by atoms with van der Waals surface area (Å²) in [6, 6.07) is 0. The lowest BCUT2D eigenvalue weighted by Gasteiger charge is -2.58. The van der Waals surface area contributed by atoms with E-state index in [9.17, 15) is 23.1 Å². The molecular weight excluding hydrogens is 387 g/mol. The number of hydrogen-bond donors (Lipinski definition) is 1. The molecule has 4 fully saturated rings. The van der Waals surface area contributed by atoms with Crippen LogP contribution in [0.15, 0.2) is 12.2 Å². The first-order valence-electron chi connectivity index (χ1n) is 9.56. The molecule has 9 heteroatoms. The van der Waals surface area contributed by atoms with Crippen molar-refractivity contribution in [2.45, 2.75) is 56.3 Å². The predicted octanol–water partition coefficient (Wildman–Crippen LogP) is 3.30. The number of aliphatic hydroxyl groups is 1. The first kappa shape index (κ1) is 18.8. The molecule has 1 saturated heterocycles. The average Bonchev–Trinajstić information content (AvgIpc) is 3.29. The Morgan fingerprint density at radius 1 is 1.14 bits per heavy atom. The second kappa shape index (κ2) is 5.09. The minimum atomic E-state index is -5.75. The Balaban J connectivity index is 1.65. The van der Waals surface area contributed by atoms with Crippen LogP contribution in [0.25, 0.3) is 0 Å². The number of alkyl halides is 5. The Hall–Kier alpha value is -1.22. The van der Waals surface area contributed by atoms with Crippen LogP contribution in [-0.2, 0) is 14.3 Å². The Kier molecular flexibility index (Phi) is 3.41. The molecule has 4 aliphatic carbocycles. The van der Waals surface area contributed by atoms with Crippen LogP contribution in [0, 0.1) is 41.4 Å². The van der Waals surface area contributed by atoms with Gasteiger partial charge in [0.1, 0.15) is 0 Å². The summed E-state index contributed by atoms with van der Waals surface area (Å²) >= 11 is 0. The molecule has 0 aromatic heterocycles. The van der Waals surface area contributed by atoms with Gasteiger partial charge in [-0.1, -0.05) is 12.2 Å². The van der Waals surface area contributed by atoms with E-state index in [1.807, 2.05) is 0 Å². The number of ether oxygens (including phenoxy) is 2. The monoisotopic (exact) mass is 408 g/mol. The van der Waals surface area contributed by atoms with Gasteiger partial charge in [0.2, 0.25) is 0 Å². The highest BCUT2D eigenvalue weighted by atomic mass is 19.4. The van der Waals surface area contributed by atoms with E-state index in [1.54, 1.807) is 0 Å². The summed E-state index contributed by atoms with van der Waals surface area (Å²) in [5, 5.41) is 10.1. The summed E-state index contributed by atoms with van der Waals surface area (Å²) in [4.78, 5) is 11.6. The van der Waals surface area contributed by atoms with E-state index in [0.717, 1.165) is 20.3 Å². The molecule has 10 atom stereocenters. The highest BCUT2D eigenvalue weighted by molar-refractivity contribution is 5.67. The van der Waals surface area contributed by atoms with Gasteiger partial charge < -0.3 is 14.6 Å². The van der Waals surface area contributed by atoms with Crippen molar-refractivity contribution in [3.63, 3.8) is 0 Å². The minimum absolute atomic E-state index is 0.0621. The van der Waals surface area contributed by atoms with Crippen LogP contribution in [-0.4, -0.2) is 40.7 Å². The van der Waals surface area contributed by atoms with E-state index in [-0.39, 0.29) is 35.5 Å². The zero-order valence-electron chi connectivity index (χ0n) is 15.2. The van der Waals surface area contributed by atoms with Crippen LogP contribution in [0.4, 0.5) is 22.0 Å². The van der Waals surface area contributed by atoms with Crippen LogP contribution >= 0.6 is 0 Å². The maximum atomic E-state index is 15.3. The van der Waals surface area contributed by atoms with Gasteiger partial charge in [0.05, 0.1) is 6.10 Å². The molecule has 0 spiro atoms. The molecule has 0 aromatic rings. The summed E-state index contributed by atoms with van der Waals surface area (Å²) in [7, 11) is 0. The lowest BCUT2D eigenvalue weighted by Crippen LogP contribution is -2.78. The van der Waals surface area contributed by atoms with Crippen LogP contribution < -0.4 is 0 Å². The zero-order chi connectivity index (χ0) is 20.4. The van der Waals surface area contributed by atoms with Crippen molar-refractivity contribution in [2.24, 2.45) is 41.4 Å². The number of carbonyl (C=O) groups excluding carboxylic acids is 1. The fourth-order valence-corrected chi connectivity index (χ4v) is 7.36. The molecule has 1 aliphatic heterocycles. The summed E-state index contributed by atoms with van der Waals surface area (Å²) < 4.78 is 81.2. The van der Waals surface area contributed by atoms with Crippen LogP contribution in [0.1, 0.15) is 26.7 Å². The van der Waals surface area contributed by atoms with Gasteiger partial charge in [0, 0.05) is 12.8 Å². The van der Waals surface area contributed by atoms with Crippen molar-refractivity contribution in [1.29, 1.82) is 0 Å². The molecule has 10 unspecified atom stereocenters. The van der Waals surface area contributed by atoms with Crippen LogP contribution in [0.2, 0.25) is 0 Å². The molecule has 156 valence electrons. The second-order valence-electron chi connectivity index (χ2n) is 9.19. The molecule has 4 bridgehead atoms. The van der Waals surface area contributed by atoms with Crippen molar-refractivity contribution in [3.05, 3.63) is 12.2 Å². The quantitative estimate of drug-likeness (QED) is 0.313. The number of esters is 1. The molecular formula is C19H21F5O4. The highest BCUT2D eigenvalue weighted by Gasteiger charge is 2.87.